The van der Waals surface area contributed by atoms with Crippen LogP contribution in [0.4, 0.5) is 0 Å². The fourth-order valence-electron chi connectivity index (χ4n) is 0. The van der Waals surface area contributed by atoms with Crippen molar-refractivity contribution < 1.29 is 98.9 Å². The molecule has 0 unspecified atom stereocenters. The van der Waals surface area contributed by atoms with E-state index in [1.807, 2.05) is 0 Å². The van der Waals surface area contributed by atoms with Gasteiger partial charge in [0.15, 0.2) is 0 Å². The molecule has 39 valence electrons. The Labute approximate surface area is 106 Å². The third-order valence-corrected chi connectivity index (χ3v) is 0. The summed E-state index contributed by atoms with van der Waals surface area (Å²) in [4.78, 5) is 0. The molecule has 0 nitrogen and oxygen atoms in total. The van der Waals surface area contributed by atoms with Gasteiger partial charge in [-0.05, 0) is 0 Å². The van der Waals surface area contributed by atoms with Gasteiger partial charge in [-0.25, -0.2) is 0 Å². The molecule has 0 spiro atoms. The SMILES string of the molecule is [B].[Co].[Fe].[Ni].[Ta].[Zr]. The summed E-state index contributed by atoms with van der Waals surface area (Å²) in [6.45, 7) is 0. The van der Waals surface area contributed by atoms with E-state index in [2.05, 4.69) is 0 Å². The van der Waals surface area contributed by atoms with Gasteiger partial charge in [-0.1, -0.05) is 0 Å². The molecule has 6 heteroatoms. The van der Waals surface area contributed by atoms with Crippen molar-refractivity contribution in [2.75, 3.05) is 0 Å². The molecule has 0 rings (SSSR count). The second-order valence-corrected chi connectivity index (χ2v) is 0. The van der Waals surface area contributed by atoms with Crippen molar-refractivity contribution in [3.63, 3.8) is 0 Å². The van der Waals surface area contributed by atoms with Gasteiger partial charge in [0.2, 0.25) is 0 Å². The fourth-order valence-corrected chi connectivity index (χ4v) is 0. The minimum atomic E-state index is 0. The molecule has 0 N–H and O–H groups in total. The van der Waals surface area contributed by atoms with E-state index < -0.39 is 0 Å². The second kappa shape index (κ2) is 41.4. The van der Waals surface area contributed by atoms with E-state index in [0.29, 0.717) is 0 Å². The number of hydrogen-bond acceptors (Lipinski definition) is 0. The zero-order valence-corrected chi connectivity index (χ0v) is 11.3. The van der Waals surface area contributed by atoms with E-state index in [-0.39, 0.29) is 107 Å². The van der Waals surface area contributed by atoms with Gasteiger partial charge < -0.3 is 0 Å². The van der Waals surface area contributed by atoms with Crippen LogP contribution in [0.2, 0.25) is 0 Å². The van der Waals surface area contributed by atoms with E-state index in [1.54, 1.807) is 0 Å². The predicted molar refractivity (Wildman–Crippen MR) is 5.75 cm³/mol. The van der Waals surface area contributed by atoms with Crippen molar-refractivity contribution in [3.8, 4) is 0 Å². The second-order valence-electron chi connectivity index (χ2n) is 0. The largest absolute Gasteiger partial charge is 0 e. The molecule has 0 aliphatic heterocycles. The summed E-state index contributed by atoms with van der Waals surface area (Å²) in [6, 6.07) is 0. The molecule has 6 heavy (non-hydrogen) atoms. The van der Waals surface area contributed by atoms with Gasteiger partial charge in [0.25, 0.3) is 0 Å². The van der Waals surface area contributed by atoms with E-state index in [4.69, 9.17) is 0 Å². The van der Waals surface area contributed by atoms with Crippen LogP contribution in [0.15, 0.2) is 0 Å². The zero-order valence-electron chi connectivity index (χ0n) is 2.53. The molecule has 0 atom stereocenters. The normalized spacial score (nSPS) is 0. The molecule has 0 amide bonds. The Morgan fingerprint density at radius 3 is 1.00 bits per heavy atom. The number of hydrogen-bond donors (Lipinski definition) is 0. The van der Waals surface area contributed by atoms with E-state index in [1.165, 1.54) is 0 Å². The van der Waals surface area contributed by atoms with Crippen LogP contribution in [0.3, 0.4) is 0 Å². The van der Waals surface area contributed by atoms with Crippen molar-refractivity contribution in [2.24, 2.45) is 0 Å². The quantitative estimate of drug-likeness (QED) is 0.436. The summed E-state index contributed by atoms with van der Waals surface area (Å²) in [5, 5.41) is 0. The summed E-state index contributed by atoms with van der Waals surface area (Å²) < 4.78 is 0. The average Bonchev–Trinajstić information content (AvgIpc) is 0. The molecule has 0 saturated heterocycles. The first-order valence-corrected chi connectivity index (χ1v) is 0. The third-order valence-electron chi connectivity index (χ3n) is 0. The first-order chi connectivity index (χ1) is 0. The molecule has 0 fully saturated rings. The van der Waals surface area contributed by atoms with Crippen molar-refractivity contribution in [2.45, 2.75) is 0 Å². The molecular formula is BCoFeNiTaZr. The summed E-state index contributed by atoms with van der Waals surface area (Å²) >= 11 is 0. The van der Waals surface area contributed by atoms with Gasteiger partial charge >= 0.3 is 0 Å². The molecule has 0 aliphatic carbocycles. The van der Waals surface area contributed by atoms with Gasteiger partial charge in [0.1, 0.15) is 0 Å². The van der Waals surface area contributed by atoms with Crippen molar-refractivity contribution in [3.05, 3.63) is 0 Å². The number of rotatable bonds is 0. The van der Waals surface area contributed by atoms with E-state index in [9.17, 15) is 0 Å². The van der Waals surface area contributed by atoms with Crippen LogP contribution in [0, 0.1) is 0 Å². The van der Waals surface area contributed by atoms with Crippen molar-refractivity contribution in [1.29, 1.82) is 0 Å². The minimum Gasteiger partial charge on any atom is 0 e. The smallest absolute Gasteiger partial charge is 0 e. The van der Waals surface area contributed by atoms with Gasteiger partial charge in [-0.2, -0.15) is 0 Å². The molecule has 0 aromatic heterocycles. The summed E-state index contributed by atoms with van der Waals surface area (Å²) in [6.07, 6.45) is 0. The molecule has 0 saturated carbocycles. The van der Waals surface area contributed by atoms with Crippen LogP contribution < -0.4 is 0 Å². The Bertz CT molecular complexity index is 15.5. The summed E-state index contributed by atoms with van der Waals surface area (Å²) in [5.74, 6) is 0. The molecule has 0 heterocycles. The van der Waals surface area contributed by atoms with Crippen LogP contribution in [0.1, 0.15) is 0 Å². The van der Waals surface area contributed by atoms with Crippen LogP contribution >= 0.6 is 0 Å². The van der Waals surface area contributed by atoms with Crippen LogP contribution in [-0.2, 0) is 98.9 Å². The van der Waals surface area contributed by atoms with Crippen molar-refractivity contribution >= 4 is 8.41 Å². The Hall–Kier alpha value is 3.21. The third kappa shape index (κ3) is 27.0. The van der Waals surface area contributed by atoms with E-state index >= 15 is 0 Å². The topological polar surface area (TPSA) is 0 Å². The maximum absolute atomic E-state index is 0. The Balaban J connectivity index is 0. The van der Waals surface area contributed by atoms with Gasteiger partial charge in [0.05, 0.1) is 0 Å². The van der Waals surface area contributed by atoms with Crippen LogP contribution in [0.25, 0.3) is 0 Å². The maximum Gasteiger partial charge on any atom is 0 e. The van der Waals surface area contributed by atoms with Crippen molar-refractivity contribution in [1.82, 2.24) is 0 Å². The van der Waals surface area contributed by atoms with Gasteiger partial charge in [0, 0.05) is 107 Å². The summed E-state index contributed by atoms with van der Waals surface area (Å²) in [5.41, 5.74) is 0. The van der Waals surface area contributed by atoms with Crippen LogP contribution in [-0.4, -0.2) is 8.41 Å². The minimum absolute atomic E-state index is 0. The van der Waals surface area contributed by atoms with Gasteiger partial charge in [-0.15, -0.1) is 0 Å². The first-order valence-electron chi connectivity index (χ1n) is 0. The maximum atomic E-state index is 0. The molecule has 0 bridgehead atoms. The standard InChI is InChI=1S/B.Co.Fe.Ni.Ta.Zr. The summed E-state index contributed by atoms with van der Waals surface area (Å²) in [7, 11) is 0. The molecular weight excluding hydrogens is 456 g/mol. The molecule has 0 aromatic rings. The monoisotopic (exact) mass is 455 g/mol. The molecule has 0 aromatic carbocycles. The Kier molecular flexibility index (Phi) is 416. The fraction of sp³-hybridized carbons (Fsp3) is 0. The molecule has 0 aliphatic rings. The van der Waals surface area contributed by atoms with E-state index in [0.717, 1.165) is 0 Å². The predicted octanol–water partition coefficient (Wildman–Crippen LogP) is -0.393. The average molecular weight is 456 g/mol. The first kappa shape index (κ1) is 60.3. The Morgan fingerprint density at radius 1 is 1.00 bits per heavy atom. The Morgan fingerprint density at radius 2 is 1.00 bits per heavy atom. The van der Waals surface area contributed by atoms with Crippen LogP contribution in [0.5, 0.6) is 0 Å². The molecule has 5 radical (unpaired) electrons. The zero-order chi connectivity index (χ0) is 0. The van der Waals surface area contributed by atoms with Gasteiger partial charge in [-0.3, -0.25) is 0 Å².